The van der Waals surface area contributed by atoms with Gasteiger partial charge >= 0.3 is 5.97 Å². The molecule has 21 heavy (non-hydrogen) atoms. The van der Waals surface area contributed by atoms with Gasteiger partial charge in [0.1, 0.15) is 5.00 Å². The second-order valence-corrected chi connectivity index (χ2v) is 6.31. The number of fused-ring (bicyclic) bond motifs is 1. The van der Waals surface area contributed by atoms with Gasteiger partial charge in [-0.1, -0.05) is 24.3 Å². The van der Waals surface area contributed by atoms with E-state index in [1.54, 1.807) is 0 Å². The fraction of sp³-hybridized carbons (Fsp3) is 0.231. The lowest BCUT2D eigenvalue weighted by Crippen LogP contribution is -2.29. The molecule has 2 aromatic rings. The SMILES string of the molecule is O=C(O)c1ncsc1N(C1CCc2ccccc21)S(=O)O. The summed E-state index contributed by atoms with van der Waals surface area (Å²) < 4.78 is 22.7. The number of aryl methyl sites for hydroxylation is 1. The summed E-state index contributed by atoms with van der Waals surface area (Å²) in [5.41, 5.74) is 3.27. The second kappa shape index (κ2) is 5.55. The largest absolute Gasteiger partial charge is 0.476 e. The molecule has 0 saturated carbocycles. The van der Waals surface area contributed by atoms with Crippen LogP contribution in [0.5, 0.6) is 0 Å². The molecule has 0 aliphatic heterocycles. The number of aromatic nitrogens is 1. The molecule has 1 aromatic carbocycles. The van der Waals surface area contributed by atoms with Crippen molar-refractivity contribution in [2.24, 2.45) is 0 Å². The highest BCUT2D eigenvalue weighted by molar-refractivity contribution is 7.81. The van der Waals surface area contributed by atoms with E-state index in [-0.39, 0.29) is 16.7 Å². The molecule has 2 unspecified atom stereocenters. The van der Waals surface area contributed by atoms with Crippen LogP contribution in [-0.4, -0.2) is 24.8 Å². The van der Waals surface area contributed by atoms with Crippen LogP contribution in [-0.2, 0) is 17.7 Å². The molecule has 1 aromatic heterocycles. The van der Waals surface area contributed by atoms with Gasteiger partial charge in [-0.3, -0.25) is 4.55 Å². The lowest BCUT2D eigenvalue weighted by molar-refractivity contribution is 0.0692. The van der Waals surface area contributed by atoms with Gasteiger partial charge in [0.2, 0.25) is 0 Å². The average Bonchev–Trinajstić information content (AvgIpc) is 3.07. The van der Waals surface area contributed by atoms with E-state index < -0.39 is 17.2 Å². The van der Waals surface area contributed by atoms with Crippen molar-refractivity contribution >= 4 is 33.6 Å². The van der Waals surface area contributed by atoms with Gasteiger partial charge in [0.05, 0.1) is 11.6 Å². The topological polar surface area (TPSA) is 90.7 Å². The summed E-state index contributed by atoms with van der Waals surface area (Å²) in [7, 11) is 0. The molecule has 2 N–H and O–H groups in total. The first-order valence-electron chi connectivity index (χ1n) is 6.24. The Hall–Kier alpha value is -1.77. The Labute approximate surface area is 127 Å². The highest BCUT2D eigenvalue weighted by Gasteiger charge is 2.34. The van der Waals surface area contributed by atoms with Crippen LogP contribution in [0.4, 0.5) is 5.00 Å². The maximum absolute atomic E-state index is 11.8. The van der Waals surface area contributed by atoms with Crippen molar-refractivity contribution in [3.63, 3.8) is 0 Å². The molecular weight excluding hydrogens is 312 g/mol. The number of hydrogen-bond acceptors (Lipinski definition) is 4. The Kier molecular flexibility index (Phi) is 3.75. The molecule has 0 radical (unpaired) electrons. The van der Waals surface area contributed by atoms with E-state index >= 15 is 0 Å². The molecule has 0 saturated heterocycles. The van der Waals surface area contributed by atoms with Crippen LogP contribution in [0.2, 0.25) is 0 Å². The minimum absolute atomic E-state index is 0.188. The van der Waals surface area contributed by atoms with E-state index in [0.29, 0.717) is 6.42 Å². The fourth-order valence-corrected chi connectivity index (χ4v) is 4.37. The van der Waals surface area contributed by atoms with Crippen molar-refractivity contribution in [3.8, 4) is 0 Å². The Morgan fingerprint density at radius 3 is 2.90 bits per heavy atom. The van der Waals surface area contributed by atoms with Crippen molar-refractivity contribution < 1.29 is 18.7 Å². The van der Waals surface area contributed by atoms with Gasteiger partial charge < -0.3 is 5.11 Å². The van der Waals surface area contributed by atoms with Gasteiger partial charge in [0.15, 0.2) is 5.69 Å². The lowest BCUT2D eigenvalue weighted by Gasteiger charge is -2.26. The highest BCUT2D eigenvalue weighted by Crippen LogP contribution is 2.41. The monoisotopic (exact) mass is 324 g/mol. The molecule has 0 fully saturated rings. The normalized spacial score (nSPS) is 18.2. The zero-order valence-electron chi connectivity index (χ0n) is 10.8. The van der Waals surface area contributed by atoms with Crippen molar-refractivity contribution in [2.45, 2.75) is 18.9 Å². The summed E-state index contributed by atoms with van der Waals surface area (Å²) in [6.07, 6.45) is 1.47. The first-order valence-corrected chi connectivity index (χ1v) is 8.18. The molecule has 2 atom stereocenters. The van der Waals surface area contributed by atoms with E-state index in [1.165, 1.54) is 9.82 Å². The van der Waals surface area contributed by atoms with Crippen LogP contribution >= 0.6 is 11.3 Å². The van der Waals surface area contributed by atoms with Gasteiger partial charge in [0, 0.05) is 0 Å². The second-order valence-electron chi connectivity index (χ2n) is 4.62. The van der Waals surface area contributed by atoms with Crippen LogP contribution < -0.4 is 4.31 Å². The lowest BCUT2D eigenvalue weighted by atomic mass is 10.1. The van der Waals surface area contributed by atoms with Crippen molar-refractivity contribution in [1.29, 1.82) is 0 Å². The molecule has 8 heteroatoms. The number of thiazole rings is 1. The fourth-order valence-electron chi connectivity index (χ4n) is 2.64. The van der Waals surface area contributed by atoms with Crippen LogP contribution in [0.25, 0.3) is 0 Å². The summed E-state index contributed by atoms with van der Waals surface area (Å²) in [4.78, 5) is 15.0. The molecule has 0 bridgehead atoms. The molecular formula is C13H12N2O4S2. The van der Waals surface area contributed by atoms with Crippen LogP contribution in [0.1, 0.15) is 34.1 Å². The Morgan fingerprint density at radius 1 is 1.43 bits per heavy atom. The number of anilines is 1. The van der Waals surface area contributed by atoms with Crippen molar-refractivity contribution in [1.82, 2.24) is 4.98 Å². The van der Waals surface area contributed by atoms with Crippen LogP contribution in [0, 0.1) is 0 Å². The average molecular weight is 324 g/mol. The summed E-state index contributed by atoms with van der Waals surface area (Å²) in [5, 5.41) is 9.37. The predicted octanol–water partition coefficient (Wildman–Crippen LogP) is 2.47. The van der Waals surface area contributed by atoms with Crippen LogP contribution in [0.3, 0.4) is 0 Å². The first-order chi connectivity index (χ1) is 10.1. The maximum Gasteiger partial charge on any atom is 0.357 e. The van der Waals surface area contributed by atoms with E-state index in [0.717, 1.165) is 28.9 Å². The number of carboxylic acids is 1. The summed E-state index contributed by atoms with van der Waals surface area (Å²) in [6.45, 7) is 0. The summed E-state index contributed by atoms with van der Waals surface area (Å²) in [5.74, 6) is -1.20. The quantitative estimate of drug-likeness (QED) is 0.843. The standard InChI is InChI=1S/C13H12N2O4S2/c16-13(17)11-12(20-7-14-11)15(21(18)19)10-6-5-8-3-1-2-4-9(8)10/h1-4,7,10H,5-6H2,(H,16,17)(H,18,19). The highest BCUT2D eigenvalue weighted by atomic mass is 32.2. The van der Waals surface area contributed by atoms with E-state index in [4.69, 9.17) is 5.11 Å². The zero-order chi connectivity index (χ0) is 15.0. The van der Waals surface area contributed by atoms with Gasteiger partial charge in [-0.25, -0.2) is 18.3 Å². The van der Waals surface area contributed by atoms with Gasteiger partial charge in [-0.05, 0) is 24.0 Å². The molecule has 0 spiro atoms. The number of rotatable bonds is 4. The molecule has 1 aliphatic carbocycles. The summed E-state index contributed by atoms with van der Waals surface area (Å²) >= 11 is -1.26. The number of carbonyl (C=O) groups is 1. The maximum atomic E-state index is 11.8. The molecule has 110 valence electrons. The summed E-state index contributed by atoms with van der Waals surface area (Å²) in [6, 6.07) is 7.38. The minimum atomic E-state index is -2.32. The minimum Gasteiger partial charge on any atom is -0.476 e. The van der Waals surface area contributed by atoms with E-state index in [2.05, 4.69) is 4.98 Å². The van der Waals surface area contributed by atoms with Gasteiger partial charge in [-0.15, -0.1) is 11.3 Å². The Bertz CT molecular complexity index is 716. The number of carboxylic acid groups (broad SMARTS) is 1. The molecule has 6 nitrogen and oxygen atoms in total. The van der Waals surface area contributed by atoms with Gasteiger partial charge in [-0.2, -0.15) is 0 Å². The number of nitrogens with zero attached hydrogens (tertiary/aromatic N) is 2. The Balaban J connectivity index is 2.06. The Morgan fingerprint density at radius 2 is 2.19 bits per heavy atom. The predicted molar refractivity (Wildman–Crippen MR) is 79.8 cm³/mol. The van der Waals surface area contributed by atoms with Crippen LogP contribution in [0.15, 0.2) is 29.8 Å². The van der Waals surface area contributed by atoms with E-state index in [9.17, 15) is 13.6 Å². The first kappa shape index (κ1) is 14.2. The third-order valence-electron chi connectivity index (χ3n) is 3.50. The molecule has 1 heterocycles. The number of benzene rings is 1. The third-order valence-corrected chi connectivity index (χ3v) is 5.22. The van der Waals surface area contributed by atoms with Crippen molar-refractivity contribution in [3.05, 3.63) is 46.6 Å². The number of aromatic carboxylic acids is 1. The van der Waals surface area contributed by atoms with Gasteiger partial charge in [0.25, 0.3) is 11.3 Å². The smallest absolute Gasteiger partial charge is 0.357 e. The van der Waals surface area contributed by atoms with Crippen molar-refractivity contribution in [2.75, 3.05) is 4.31 Å². The zero-order valence-corrected chi connectivity index (χ0v) is 12.4. The molecule has 1 aliphatic rings. The van der Waals surface area contributed by atoms with E-state index in [1.807, 2.05) is 24.3 Å². The molecule has 3 rings (SSSR count). The third kappa shape index (κ3) is 2.45. The molecule has 0 amide bonds. The number of hydrogen-bond donors (Lipinski definition) is 2.